The summed E-state index contributed by atoms with van der Waals surface area (Å²) in [5.74, 6) is 0.184. The number of nitrogens with one attached hydrogen (secondary N) is 2. The second-order valence-corrected chi connectivity index (χ2v) is 8.58. The van der Waals surface area contributed by atoms with Gasteiger partial charge in [0.2, 0.25) is 5.13 Å². The van der Waals surface area contributed by atoms with Crippen molar-refractivity contribution in [1.29, 1.82) is 0 Å². The molecule has 0 fully saturated rings. The molecule has 0 unspecified atom stereocenters. The van der Waals surface area contributed by atoms with Gasteiger partial charge in [0.15, 0.2) is 0 Å². The normalized spacial score (nSPS) is 15.4. The molecule has 0 atom stereocenters. The van der Waals surface area contributed by atoms with Crippen LogP contribution >= 0.6 is 22.9 Å². The van der Waals surface area contributed by atoms with E-state index in [1.54, 1.807) is 0 Å². The Morgan fingerprint density at radius 3 is 2.93 bits per heavy atom. The van der Waals surface area contributed by atoms with Crippen LogP contribution < -0.4 is 21.3 Å². The molecule has 2 heterocycles. The third-order valence-electron chi connectivity index (χ3n) is 4.50. The van der Waals surface area contributed by atoms with Crippen LogP contribution in [0.3, 0.4) is 0 Å². The Balaban J connectivity index is 1.91. The maximum Gasteiger partial charge on any atom is 0.260 e. The summed E-state index contributed by atoms with van der Waals surface area (Å²) in [5, 5.41) is 7.96. The number of rotatable bonds is 8. The molecular formula is C20H26ClN7OS. The van der Waals surface area contributed by atoms with E-state index in [0.717, 1.165) is 41.4 Å². The molecule has 0 saturated heterocycles. The summed E-state index contributed by atoms with van der Waals surface area (Å²) in [6, 6.07) is 5.79. The van der Waals surface area contributed by atoms with Crippen molar-refractivity contribution in [3.63, 3.8) is 0 Å². The zero-order valence-electron chi connectivity index (χ0n) is 17.3. The molecule has 3 rings (SSSR count). The number of aromatic nitrogens is 1. The van der Waals surface area contributed by atoms with Crippen molar-refractivity contribution in [2.24, 2.45) is 10.7 Å². The van der Waals surface area contributed by atoms with E-state index in [0.29, 0.717) is 34.1 Å². The fraction of sp³-hybridized carbons (Fsp3) is 0.350. The summed E-state index contributed by atoms with van der Waals surface area (Å²) in [6.45, 7) is 5.04. The van der Waals surface area contributed by atoms with E-state index in [9.17, 15) is 4.79 Å². The Hall–Kier alpha value is -2.46. The molecule has 4 N–H and O–H groups in total. The Morgan fingerprint density at radius 1 is 1.47 bits per heavy atom. The van der Waals surface area contributed by atoms with Crippen molar-refractivity contribution in [1.82, 2.24) is 20.5 Å². The average molecular weight is 448 g/mol. The van der Waals surface area contributed by atoms with Gasteiger partial charge in [-0.3, -0.25) is 4.79 Å². The molecule has 8 nitrogen and oxygen atoms in total. The van der Waals surface area contributed by atoms with Gasteiger partial charge >= 0.3 is 0 Å². The molecule has 1 aromatic carbocycles. The largest absolute Gasteiger partial charge is 0.370 e. The number of nitrogens with two attached hydrogens (primary N) is 1. The van der Waals surface area contributed by atoms with Crippen molar-refractivity contribution in [3.05, 3.63) is 51.6 Å². The molecule has 1 aromatic heterocycles. The Morgan fingerprint density at radius 2 is 2.27 bits per heavy atom. The summed E-state index contributed by atoms with van der Waals surface area (Å²) in [7, 11) is 4.09. The first kappa shape index (κ1) is 22.2. The van der Waals surface area contributed by atoms with Crippen LogP contribution in [-0.4, -0.2) is 62.0 Å². The summed E-state index contributed by atoms with van der Waals surface area (Å²) in [6.07, 6.45) is 3.42. The number of amidine groups is 1. The number of likely N-dealkylation sites (N-methyl/N-ethyl adjacent to an activating group) is 1. The minimum atomic E-state index is -0.510. The number of hydrogen-bond donors (Lipinski definition) is 3. The molecule has 1 aliphatic rings. The van der Waals surface area contributed by atoms with Gasteiger partial charge in [-0.05, 0) is 32.6 Å². The number of thiazole rings is 1. The standard InChI is InChI=1S/C20H26ClN7OS/c1-13-5-4-6-15(21)18(13)28-12-25-14(10-23-7-8-27(2)3)9-17(28)26-20-24-11-16(30-20)19(22)29/h4-6,9,11,23,25H,7-8,10,12H2,1-3H3,(H2,22,29). The molecular weight excluding hydrogens is 422 g/mol. The van der Waals surface area contributed by atoms with Crippen LogP contribution in [0.4, 0.5) is 10.8 Å². The molecule has 0 spiro atoms. The fourth-order valence-corrected chi connectivity index (χ4v) is 3.94. The van der Waals surface area contributed by atoms with E-state index in [4.69, 9.17) is 22.3 Å². The maximum atomic E-state index is 11.4. The highest BCUT2D eigenvalue weighted by molar-refractivity contribution is 7.17. The van der Waals surface area contributed by atoms with E-state index in [1.807, 2.05) is 50.2 Å². The number of anilines is 1. The molecule has 10 heteroatoms. The van der Waals surface area contributed by atoms with Gasteiger partial charge in [0.1, 0.15) is 10.7 Å². The Kier molecular flexibility index (Phi) is 7.43. The van der Waals surface area contributed by atoms with Crippen LogP contribution in [0.5, 0.6) is 0 Å². The third kappa shape index (κ3) is 5.57. The quantitative estimate of drug-likeness (QED) is 0.537. The van der Waals surface area contributed by atoms with Crippen LogP contribution in [0.2, 0.25) is 5.02 Å². The van der Waals surface area contributed by atoms with Gasteiger partial charge in [-0.2, -0.15) is 0 Å². The fourth-order valence-electron chi connectivity index (χ4n) is 2.97. The zero-order valence-corrected chi connectivity index (χ0v) is 18.8. The lowest BCUT2D eigenvalue weighted by molar-refractivity contribution is 0.100. The Labute approximate surface area is 185 Å². The van der Waals surface area contributed by atoms with Crippen molar-refractivity contribution >= 4 is 45.5 Å². The highest BCUT2D eigenvalue weighted by Gasteiger charge is 2.22. The van der Waals surface area contributed by atoms with Crippen LogP contribution in [0.15, 0.2) is 41.2 Å². The van der Waals surface area contributed by atoms with Gasteiger partial charge in [0.25, 0.3) is 5.91 Å². The van der Waals surface area contributed by atoms with E-state index < -0.39 is 5.91 Å². The number of primary amides is 1. The first-order valence-corrected chi connectivity index (χ1v) is 10.7. The highest BCUT2D eigenvalue weighted by atomic mass is 35.5. The van der Waals surface area contributed by atoms with Gasteiger partial charge in [0, 0.05) is 31.4 Å². The van der Waals surface area contributed by atoms with Gasteiger partial charge < -0.3 is 26.2 Å². The van der Waals surface area contributed by atoms with Crippen molar-refractivity contribution < 1.29 is 4.79 Å². The van der Waals surface area contributed by atoms with E-state index in [-0.39, 0.29) is 0 Å². The van der Waals surface area contributed by atoms with Crippen molar-refractivity contribution in [2.45, 2.75) is 6.92 Å². The minimum absolute atomic E-state index is 0.373. The summed E-state index contributed by atoms with van der Waals surface area (Å²) in [4.78, 5) is 24.8. The zero-order chi connectivity index (χ0) is 21.7. The van der Waals surface area contributed by atoms with Crippen molar-refractivity contribution in [3.8, 4) is 0 Å². The monoisotopic (exact) mass is 447 g/mol. The lowest BCUT2D eigenvalue weighted by atomic mass is 10.1. The third-order valence-corrected chi connectivity index (χ3v) is 5.71. The first-order valence-electron chi connectivity index (χ1n) is 9.52. The number of para-hydroxylation sites is 1. The summed E-state index contributed by atoms with van der Waals surface area (Å²) >= 11 is 7.67. The van der Waals surface area contributed by atoms with Crippen LogP contribution in [0.1, 0.15) is 15.2 Å². The van der Waals surface area contributed by atoms with Crippen LogP contribution in [0.25, 0.3) is 0 Å². The van der Waals surface area contributed by atoms with Gasteiger partial charge in [-0.1, -0.05) is 35.1 Å². The minimum Gasteiger partial charge on any atom is -0.370 e. The van der Waals surface area contributed by atoms with Crippen LogP contribution in [0, 0.1) is 6.92 Å². The van der Waals surface area contributed by atoms with Crippen LogP contribution in [-0.2, 0) is 0 Å². The number of hydrogen-bond acceptors (Lipinski definition) is 7. The second kappa shape index (κ2) is 10.0. The molecule has 0 aliphatic carbocycles. The smallest absolute Gasteiger partial charge is 0.260 e. The number of amides is 1. The van der Waals surface area contributed by atoms with E-state index in [1.165, 1.54) is 6.20 Å². The predicted molar refractivity (Wildman–Crippen MR) is 124 cm³/mol. The van der Waals surface area contributed by atoms with Gasteiger partial charge in [-0.25, -0.2) is 9.98 Å². The number of aryl methyl sites for hydroxylation is 1. The Bertz CT molecular complexity index is 950. The van der Waals surface area contributed by atoms with E-state index in [2.05, 4.69) is 20.5 Å². The van der Waals surface area contributed by atoms with Gasteiger partial charge in [-0.15, -0.1) is 0 Å². The molecule has 0 saturated carbocycles. The molecule has 0 bridgehead atoms. The number of benzene rings is 1. The second-order valence-electron chi connectivity index (χ2n) is 7.16. The molecule has 1 amide bonds. The summed E-state index contributed by atoms with van der Waals surface area (Å²) in [5.41, 5.74) is 8.28. The molecule has 0 radical (unpaired) electrons. The average Bonchev–Trinajstić information content (AvgIpc) is 3.15. The number of aliphatic imine (C=N–C) groups is 1. The predicted octanol–water partition coefficient (Wildman–Crippen LogP) is 2.34. The molecule has 2 aromatic rings. The highest BCUT2D eigenvalue weighted by Crippen LogP contribution is 2.32. The van der Waals surface area contributed by atoms with E-state index >= 15 is 0 Å². The topological polar surface area (TPSA) is 98.9 Å². The lowest BCUT2D eigenvalue weighted by Gasteiger charge is -2.32. The molecule has 30 heavy (non-hydrogen) atoms. The SMILES string of the molecule is Cc1cccc(Cl)c1N1CNC(CNCCN(C)C)=CC1=Nc1ncc(C(N)=O)s1. The number of carbonyl (C=O) groups is 1. The summed E-state index contributed by atoms with van der Waals surface area (Å²) < 4.78 is 0. The maximum absolute atomic E-state index is 11.4. The molecule has 160 valence electrons. The lowest BCUT2D eigenvalue weighted by Crippen LogP contribution is -2.45. The number of halogens is 1. The van der Waals surface area contributed by atoms with Gasteiger partial charge in [0.05, 0.1) is 23.6 Å². The number of nitrogens with zero attached hydrogens (tertiary/aromatic N) is 4. The van der Waals surface area contributed by atoms with Crippen molar-refractivity contribution in [2.75, 3.05) is 45.3 Å². The first-order chi connectivity index (χ1) is 14.3. The number of carbonyl (C=O) groups excluding carboxylic acids is 1. The molecule has 1 aliphatic heterocycles.